The average molecular weight is 313 g/mol. The highest BCUT2D eigenvalue weighted by Crippen LogP contribution is 2.21. The zero-order valence-electron chi connectivity index (χ0n) is 10.3. The molecule has 7 heteroatoms. The maximum Gasteiger partial charge on any atom is 0.223 e. The van der Waals surface area contributed by atoms with Crippen LogP contribution < -0.4 is 11.1 Å². The minimum Gasteiger partial charge on any atom is -0.388 e. The van der Waals surface area contributed by atoms with E-state index in [0.29, 0.717) is 11.6 Å². The highest BCUT2D eigenvalue weighted by Gasteiger charge is 2.04. The number of hydrogen-bond acceptors (Lipinski definition) is 5. The van der Waals surface area contributed by atoms with E-state index in [0.717, 1.165) is 23.0 Å². The van der Waals surface area contributed by atoms with Gasteiger partial charge in [0.05, 0.1) is 4.34 Å². The molecule has 2 heterocycles. The molecule has 0 fully saturated rings. The first kappa shape index (κ1) is 14.2. The molecular formula is C12H13ClN4S2. The van der Waals surface area contributed by atoms with E-state index in [-0.39, 0.29) is 4.99 Å². The zero-order valence-corrected chi connectivity index (χ0v) is 12.7. The molecular weight excluding hydrogens is 300 g/mol. The van der Waals surface area contributed by atoms with E-state index in [1.165, 1.54) is 4.88 Å². The monoisotopic (exact) mass is 312 g/mol. The van der Waals surface area contributed by atoms with Crippen LogP contribution in [-0.4, -0.2) is 21.5 Å². The van der Waals surface area contributed by atoms with Crippen molar-refractivity contribution >= 4 is 46.1 Å². The van der Waals surface area contributed by atoms with E-state index in [2.05, 4.69) is 15.3 Å². The van der Waals surface area contributed by atoms with E-state index in [9.17, 15) is 0 Å². The first-order valence-corrected chi connectivity index (χ1v) is 7.28. The Kier molecular flexibility index (Phi) is 4.68. The zero-order chi connectivity index (χ0) is 13.8. The van der Waals surface area contributed by atoms with Crippen molar-refractivity contribution in [1.29, 1.82) is 0 Å². The summed E-state index contributed by atoms with van der Waals surface area (Å²) in [4.78, 5) is 10.0. The minimum absolute atomic E-state index is 0.276. The standard InChI is InChI=1S/C12H13ClN4S2/c1-7-6-9(11(14)18)17-12(16-7)15-5-4-8-2-3-10(13)19-8/h2-3,6H,4-5H2,1H3,(H2,14,18)(H,15,16,17). The first-order valence-electron chi connectivity index (χ1n) is 5.68. The molecule has 100 valence electrons. The maximum atomic E-state index is 5.88. The van der Waals surface area contributed by atoms with E-state index >= 15 is 0 Å². The van der Waals surface area contributed by atoms with Crippen LogP contribution in [0.5, 0.6) is 0 Å². The van der Waals surface area contributed by atoms with Crippen LogP contribution in [0.25, 0.3) is 0 Å². The molecule has 3 N–H and O–H groups in total. The van der Waals surface area contributed by atoms with Gasteiger partial charge < -0.3 is 11.1 Å². The Hall–Kier alpha value is -1.24. The summed E-state index contributed by atoms with van der Waals surface area (Å²) in [5.74, 6) is 0.547. The molecule has 0 unspecified atom stereocenters. The van der Waals surface area contributed by atoms with Crippen molar-refractivity contribution in [3.8, 4) is 0 Å². The third-order valence-corrected chi connectivity index (χ3v) is 3.89. The Morgan fingerprint density at radius 3 is 2.89 bits per heavy atom. The summed E-state index contributed by atoms with van der Waals surface area (Å²) in [6.07, 6.45) is 0.872. The van der Waals surface area contributed by atoms with Gasteiger partial charge in [-0.1, -0.05) is 23.8 Å². The normalized spacial score (nSPS) is 10.4. The van der Waals surface area contributed by atoms with Gasteiger partial charge in [0.25, 0.3) is 0 Å². The van der Waals surface area contributed by atoms with Gasteiger partial charge in [-0.3, -0.25) is 0 Å². The molecule has 0 aromatic carbocycles. The van der Waals surface area contributed by atoms with Gasteiger partial charge in [0.1, 0.15) is 10.7 Å². The SMILES string of the molecule is Cc1cc(C(N)=S)nc(NCCc2ccc(Cl)s2)n1. The summed E-state index contributed by atoms with van der Waals surface area (Å²) in [6, 6.07) is 5.69. The molecule has 4 nitrogen and oxygen atoms in total. The van der Waals surface area contributed by atoms with Crippen molar-refractivity contribution in [2.75, 3.05) is 11.9 Å². The van der Waals surface area contributed by atoms with Crippen molar-refractivity contribution < 1.29 is 0 Å². The third kappa shape index (κ3) is 4.12. The number of aromatic nitrogens is 2. The molecule has 0 bridgehead atoms. The Labute approximate surface area is 126 Å². The molecule has 0 amide bonds. The van der Waals surface area contributed by atoms with Crippen molar-refractivity contribution in [1.82, 2.24) is 9.97 Å². The number of anilines is 1. The molecule has 0 saturated carbocycles. The molecule has 0 aliphatic rings. The molecule has 0 radical (unpaired) electrons. The number of nitrogens with zero attached hydrogens (tertiary/aromatic N) is 2. The topological polar surface area (TPSA) is 63.8 Å². The Balaban J connectivity index is 1.97. The number of thiophene rings is 1. The Morgan fingerprint density at radius 1 is 1.47 bits per heavy atom. The predicted molar refractivity (Wildman–Crippen MR) is 84.2 cm³/mol. The number of nitrogens with two attached hydrogens (primary N) is 1. The fraction of sp³-hybridized carbons (Fsp3) is 0.250. The smallest absolute Gasteiger partial charge is 0.223 e. The molecule has 0 saturated heterocycles. The number of nitrogens with one attached hydrogen (secondary N) is 1. The molecule has 2 aromatic rings. The number of rotatable bonds is 5. The van der Waals surface area contributed by atoms with Gasteiger partial charge in [-0.25, -0.2) is 9.97 Å². The van der Waals surface area contributed by atoms with Crippen LogP contribution in [0.2, 0.25) is 4.34 Å². The molecule has 0 atom stereocenters. The van der Waals surface area contributed by atoms with Gasteiger partial charge in [0, 0.05) is 17.1 Å². The number of hydrogen-bond donors (Lipinski definition) is 2. The van der Waals surface area contributed by atoms with E-state index in [4.69, 9.17) is 29.6 Å². The number of halogens is 1. The van der Waals surface area contributed by atoms with Gasteiger partial charge in [-0.05, 0) is 31.5 Å². The highest BCUT2D eigenvalue weighted by molar-refractivity contribution is 7.80. The van der Waals surface area contributed by atoms with Crippen LogP contribution in [0.4, 0.5) is 5.95 Å². The second kappa shape index (κ2) is 6.27. The minimum atomic E-state index is 0.276. The highest BCUT2D eigenvalue weighted by atomic mass is 35.5. The fourth-order valence-corrected chi connectivity index (χ4v) is 2.75. The molecule has 0 aliphatic heterocycles. The summed E-state index contributed by atoms with van der Waals surface area (Å²) in [6.45, 7) is 2.62. The van der Waals surface area contributed by atoms with E-state index in [1.807, 2.05) is 19.1 Å². The van der Waals surface area contributed by atoms with Crippen LogP contribution in [0.1, 0.15) is 16.3 Å². The molecule has 2 rings (SSSR count). The molecule has 19 heavy (non-hydrogen) atoms. The van der Waals surface area contributed by atoms with Crippen molar-refractivity contribution in [3.05, 3.63) is 38.8 Å². The maximum absolute atomic E-state index is 5.88. The van der Waals surface area contributed by atoms with Gasteiger partial charge >= 0.3 is 0 Å². The van der Waals surface area contributed by atoms with Gasteiger partial charge in [0.2, 0.25) is 5.95 Å². The number of thiocarbonyl (C=S) groups is 1. The lowest BCUT2D eigenvalue weighted by atomic mass is 10.3. The predicted octanol–water partition coefficient (Wildman–Crippen LogP) is 2.79. The quantitative estimate of drug-likeness (QED) is 0.831. The first-order chi connectivity index (χ1) is 9.04. The van der Waals surface area contributed by atoms with E-state index < -0.39 is 0 Å². The largest absolute Gasteiger partial charge is 0.388 e. The molecule has 0 aliphatic carbocycles. The third-order valence-electron chi connectivity index (χ3n) is 2.39. The Morgan fingerprint density at radius 2 is 2.26 bits per heavy atom. The lowest BCUT2D eigenvalue weighted by molar-refractivity contribution is 0.985. The van der Waals surface area contributed by atoms with Crippen LogP contribution in [0.3, 0.4) is 0 Å². The van der Waals surface area contributed by atoms with Gasteiger partial charge in [0.15, 0.2) is 0 Å². The second-order valence-corrected chi connectivity index (χ2v) is 6.20. The fourth-order valence-electron chi connectivity index (χ4n) is 1.56. The average Bonchev–Trinajstić information content (AvgIpc) is 2.74. The van der Waals surface area contributed by atoms with Gasteiger partial charge in [-0.2, -0.15) is 0 Å². The number of aryl methyl sites for hydroxylation is 1. The lowest BCUT2D eigenvalue weighted by Gasteiger charge is -2.06. The Bertz CT molecular complexity index is 597. The van der Waals surface area contributed by atoms with Crippen LogP contribution >= 0.6 is 35.2 Å². The van der Waals surface area contributed by atoms with E-state index in [1.54, 1.807) is 17.4 Å². The molecule has 0 spiro atoms. The van der Waals surface area contributed by atoms with Gasteiger partial charge in [-0.15, -0.1) is 11.3 Å². The van der Waals surface area contributed by atoms with Crippen molar-refractivity contribution in [2.24, 2.45) is 5.73 Å². The molecule has 2 aromatic heterocycles. The summed E-state index contributed by atoms with van der Waals surface area (Å²) >= 11 is 12.4. The van der Waals surface area contributed by atoms with Crippen LogP contribution in [-0.2, 0) is 6.42 Å². The van der Waals surface area contributed by atoms with Crippen molar-refractivity contribution in [3.63, 3.8) is 0 Å². The van der Waals surface area contributed by atoms with Crippen molar-refractivity contribution in [2.45, 2.75) is 13.3 Å². The second-order valence-electron chi connectivity index (χ2n) is 3.97. The summed E-state index contributed by atoms with van der Waals surface area (Å²) in [7, 11) is 0. The summed E-state index contributed by atoms with van der Waals surface area (Å²) in [5.41, 5.74) is 6.99. The lowest BCUT2D eigenvalue weighted by Crippen LogP contribution is -2.15. The van der Waals surface area contributed by atoms with Crippen LogP contribution in [0, 0.1) is 6.92 Å². The summed E-state index contributed by atoms with van der Waals surface area (Å²) < 4.78 is 0.803. The van der Waals surface area contributed by atoms with Crippen LogP contribution in [0.15, 0.2) is 18.2 Å². The summed E-state index contributed by atoms with van der Waals surface area (Å²) in [5, 5.41) is 3.16.